The van der Waals surface area contributed by atoms with Crippen molar-refractivity contribution >= 4 is 11.9 Å². The van der Waals surface area contributed by atoms with Gasteiger partial charge < -0.3 is 16.0 Å². The van der Waals surface area contributed by atoms with Crippen molar-refractivity contribution in [1.29, 1.82) is 0 Å². The van der Waals surface area contributed by atoms with Crippen LogP contribution < -0.4 is 16.0 Å². The molecule has 0 saturated carbocycles. The molecule has 30 heavy (non-hydrogen) atoms. The van der Waals surface area contributed by atoms with Crippen LogP contribution in [0, 0.1) is 0 Å². The van der Waals surface area contributed by atoms with Gasteiger partial charge in [-0.05, 0) is 42.6 Å². The molecule has 0 spiro atoms. The number of rotatable bonds is 8. The summed E-state index contributed by atoms with van der Waals surface area (Å²) in [5.41, 5.74) is 3.39. The van der Waals surface area contributed by atoms with Crippen LogP contribution in [0.25, 0.3) is 0 Å². The van der Waals surface area contributed by atoms with E-state index in [9.17, 15) is 9.59 Å². The Morgan fingerprint density at radius 1 is 0.733 bits per heavy atom. The number of urea groups is 1. The first kappa shape index (κ1) is 21.8. The number of hydrogen-bond donors (Lipinski definition) is 3. The first-order chi connectivity index (χ1) is 14.7. The molecule has 3 rings (SSSR count). The summed E-state index contributed by atoms with van der Waals surface area (Å²) < 4.78 is 0. The number of amides is 3. The highest BCUT2D eigenvalue weighted by Crippen LogP contribution is 2.16. The molecular formula is C24H32N4O2. The van der Waals surface area contributed by atoms with E-state index < -0.39 is 0 Å². The van der Waals surface area contributed by atoms with Gasteiger partial charge in [0.1, 0.15) is 0 Å². The lowest BCUT2D eigenvalue weighted by Crippen LogP contribution is -2.41. The molecule has 6 nitrogen and oxygen atoms in total. The number of hydrogen-bond acceptors (Lipinski definition) is 3. The largest absolute Gasteiger partial charge is 0.350 e. The van der Waals surface area contributed by atoms with Gasteiger partial charge in [-0.1, -0.05) is 67.4 Å². The summed E-state index contributed by atoms with van der Waals surface area (Å²) in [6.07, 6.45) is 5.15. The number of carbonyl (C=O) groups is 2. The second kappa shape index (κ2) is 12.0. The highest BCUT2D eigenvalue weighted by molar-refractivity contribution is 5.83. The lowest BCUT2D eigenvalue weighted by molar-refractivity contribution is -0.120. The molecule has 1 saturated heterocycles. The van der Waals surface area contributed by atoms with Crippen LogP contribution in [0.4, 0.5) is 4.79 Å². The predicted octanol–water partition coefficient (Wildman–Crippen LogP) is 3.18. The fourth-order valence-corrected chi connectivity index (χ4v) is 3.68. The number of nitrogens with zero attached hydrogens (tertiary/aromatic N) is 1. The zero-order chi connectivity index (χ0) is 21.0. The van der Waals surface area contributed by atoms with E-state index in [2.05, 4.69) is 33.0 Å². The zero-order valence-corrected chi connectivity index (χ0v) is 17.5. The van der Waals surface area contributed by atoms with Crippen molar-refractivity contribution in [2.75, 3.05) is 19.6 Å². The SMILES string of the molecule is O=C(CNC(=O)NCc1ccccc1CN1CCCCCC1)NCc1ccccc1. The molecule has 1 heterocycles. The van der Waals surface area contributed by atoms with Crippen molar-refractivity contribution in [3.63, 3.8) is 0 Å². The van der Waals surface area contributed by atoms with E-state index in [1.54, 1.807) is 0 Å². The molecule has 1 aliphatic heterocycles. The van der Waals surface area contributed by atoms with E-state index in [4.69, 9.17) is 0 Å². The Kier molecular flexibility index (Phi) is 8.72. The van der Waals surface area contributed by atoms with Crippen LogP contribution in [0.15, 0.2) is 54.6 Å². The summed E-state index contributed by atoms with van der Waals surface area (Å²) in [7, 11) is 0. The van der Waals surface area contributed by atoms with Crippen LogP contribution in [0.3, 0.4) is 0 Å². The van der Waals surface area contributed by atoms with Gasteiger partial charge in [0.05, 0.1) is 6.54 Å². The minimum atomic E-state index is -0.338. The van der Waals surface area contributed by atoms with Crippen molar-refractivity contribution in [3.8, 4) is 0 Å². The normalized spacial score (nSPS) is 14.5. The molecule has 2 aromatic carbocycles. The quantitative estimate of drug-likeness (QED) is 0.628. The van der Waals surface area contributed by atoms with Crippen LogP contribution in [-0.4, -0.2) is 36.5 Å². The molecular weight excluding hydrogens is 376 g/mol. The van der Waals surface area contributed by atoms with Gasteiger partial charge in [0.2, 0.25) is 5.91 Å². The number of likely N-dealkylation sites (tertiary alicyclic amines) is 1. The van der Waals surface area contributed by atoms with E-state index in [0.29, 0.717) is 13.1 Å². The monoisotopic (exact) mass is 408 g/mol. The standard InChI is InChI=1S/C24H32N4O2/c29-23(25-16-20-10-4-3-5-11-20)18-27-24(30)26-17-21-12-6-7-13-22(21)19-28-14-8-1-2-9-15-28/h3-7,10-13H,1-2,8-9,14-19H2,(H,25,29)(H2,26,27,30). The van der Waals surface area contributed by atoms with Crippen LogP contribution >= 0.6 is 0 Å². The fraction of sp³-hybridized carbons (Fsp3) is 0.417. The van der Waals surface area contributed by atoms with Crippen LogP contribution in [-0.2, 0) is 24.4 Å². The molecule has 3 N–H and O–H groups in total. The summed E-state index contributed by atoms with van der Waals surface area (Å²) in [6.45, 7) is 4.05. The maximum Gasteiger partial charge on any atom is 0.315 e. The molecule has 0 aromatic heterocycles. The summed E-state index contributed by atoms with van der Waals surface area (Å²) in [5.74, 6) is -0.212. The second-order valence-electron chi connectivity index (χ2n) is 7.76. The van der Waals surface area contributed by atoms with Crippen molar-refractivity contribution in [2.24, 2.45) is 0 Å². The Morgan fingerprint density at radius 3 is 2.13 bits per heavy atom. The van der Waals surface area contributed by atoms with Crippen LogP contribution in [0.5, 0.6) is 0 Å². The van der Waals surface area contributed by atoms with Gasteiger partial charge in [-0.2, -0.15) is 0 Å². The molecule has 0 radical (unpaired) electrons. The molecule has 0 atom stereocenters. The Labute approximate surface area is 179 Å². The van der Waals surface area contributed by atoms with Crippen molar-refractivity contribution in [2.45, 2.75) is 45.3 Å². The van der Waals surface area contributed by atoms with E-state index in [0.717, 1.165) is 30.8 Å². The average Bonchev–Trinajstić information content (AvgIpc) is 3.05. The molecule has 160 valence electrons. The third kappa shape index (κ3) is 7.52. The molecule has 0 bridgehead atoms. The van der Waals surface area contributed by atoms with Crippen molar-refractivity contribution in [3.05, 3.63) is 71.3 Å². The third-order valence-electron chi connectivity index (χ3n) is 5.39. The Balaban J connectivity index is 1.40. The van der Waals surface area contributed by atoms with E-state index in [1.165, 1.54) is 31.2 Å². The molecule has 1 fully saturated rings. The lowest BCUT2D eigenvalue weighted by Gasteiger charge is -2.21. The topological polar surface area (TPSA) is 73.5 Å². The highest BCUT2D eigenvalue weighted by Gasteiger charge is 2.12. The van der Waals surface area contributed by atoms with Crippen LogP contribution in [0.2, 0.25) is 0 Å². The first-order valence-corrected chi connectivity index (χ1v) is 10.8. The van der Waals surface area contributed by atoms with Gasteiger partial charge in [-0.25, -0.2) is 4.79 Å². The summed E-state index contributed by atoms with van der Waals surface area (Å²) >= 11 is 0. The molecule has 3 amide bonds. The van der Waals surface area contributed by atoms with Gasteiger partial charge >= 0.3 is 6.03 Å². The van der Waals surface area contributed by atoms with Gasteiger partial charge in [-0.15, -0.1) is 0 Å². The Hall–Kier alpha value is -2.86. The average molecular weight is 409 g/mol. The van der Waals surface area contributed by atoms with Gasteiger partial charge in [0.25, 0.3) is 0 Å². The number of carbonyl (C=O) groups excluding carboxylic acids is 2. The fourth-order valence-electron chi connectivity index (χ4n) is 3.68. The first-order valence-electron chi connectivity index (χ1n) is 10.8. The molecule has 6 heteroatoms. The lowest BCUT2D eigenvalue weighted by atomic mass is 10.1. The summed E-state index contributed by atoms with van der Waals surface area (Å²) in [4.78, 5) is 26.6. The predicted molar refractivity (Wildman–Crippen MR) is 119 cm³/mol. The van der Waals surface area contributed by atoms with E-state index in [1.807, 2.05) is 42.5 Å². The minimum absolute atomic E-state index is 0.0475. The van der Waals surface area contributed by atoms with Crippen molar-refractivity contribution < 1.29 is 9.59 Å². The Morgan fingerprint density at radius 2 is 1.40 bits per heavy atom. The maximum atomic E-state index is 12.1. The highest BCUT2D eigenvalue weighted by atomic mass is 16.2. The summed E-state index contributed by atoms with van der Waals surface area (Å²) in [6, 6.07) is 17.6. The second-order valence-corrected chi connectivity index (χ2v) is 7.76. The van der Waals surface area contributed by atoms with E-state index >= 15 is 0 Å². The molecule has 1 aliphatic rings. The maximum absolute atomic E-state index is 12.1. The van der Waals surface area contributed by atoms with Gasteiger partial charge in [0, 0.05) is 19.6 Å². The summed E-state index contributed by atoms with van der Waals surface area (Å²) in [5, 5.41) is 8.30. The minimum Gasteiger partial charge on any atom is -0.350 e. The molecule has 2 aromatic rings. The molecule has 0 aliphatic carbocycles. The van der Waals surface area contributed by atoms with E-state index in [-0.39, 0.29) is 18.5 Å². The van der Waals surface area contributed by atoms with Crippen LogP contribution in [0.1, 0.15) is 42.4 Å². The van der Waals surface area contributed by atoms with Gasteiger partial charge in [0.15, 0.2) is 0 Å². The third-order valence-corrected chi connectivity index (χ3v) is 5.39. The Bertz CT molecular complexity index is 802. The van der Waals surface area contributed by atoms with Crippen molar-refractivity contribution in [1.82, 2.24) is 20.9 Å². The number of benzene rings is 2. The smallest absolute Gasteiger partial charge is 0.315 e. The molecule has 0 unspecified atom stereocenters. The van der Waals surface area contributed by atoms with Gasteiger partial charge in [-0.3, -0.25) is 9.69 Å². The zero-order valence-electron chi connectivity index (χ0n) is 17.5. The number of nitrogens with one attached hydrogen (secondary N) is 3.